The number of carbonyl (C=O) groups excluding carboxylic acids is 1. The van der Waals surface area contributed by atoms with E-state index in [9.17, 15) is 4.79 Å². The number of benzene rings is 2. The van der Waals surface area contributed by atoms with E-state index in [0.717, 1.165) is 21.7 Å². The minimum atomic E-state index is -0.0191. The van der Waals surface area contributed by atoms with Crippen molar-refractivity contribution in [3.05, 3.63) is 58.6 Å². The number of carbonyl (C=O) groups is 1. The average Bonchev–Trinajstić information content (AvgIpc) is 2.42. The Labute approximate surface area is 121 Å². The topological polar surface area (TPSA) is 29.1 Å². The van der Waals surface area contributed by atoms with E-state index >= 15 is 0 Å². The molecule has 1 amide bonds. The molecule has 0 heterocycles. The zero-order valence-electron chi connectivity index (χ0n) is 10.8. The molecule has 2 rings (SSSR count). The van der Waals surface area contributed by atoms with Crippen LogP contribution in [0.3, 0.4) is 0 Å². The lowest BCUT2D eigenvalue weighted by atomic mass is 10.1. The Morgan fingerprint density at radius 3 is 2.74 bits per heavy atom. The van der Waals surface area contributed by atoms with Crippen molar-refractivity contribution in [2.24, 2.45) is 0 Å². The molecule has 0 radical (unpaired) electrons. The third-order valence-electron chi connectivity index (χ3n) is 2.90. The highest BCUT2D eigenvalue weighted by atomic mass is 79.9. The molecular weight excluding hydrogens is 302 g/mol. The van der Waals surface area contributed by atoms with E-state index < -0.39 is 0 Å². The molecule has 0 saturated heterocycles. The number of hydrogen-bond acceptors (Lipinski definition) is 1. The molecular formula is C16H16BrNO. The fourth-order valence-corrected chi connectivity index (χ4v) is 2.27. The molecule has 0 aromatic heterocycles. The standard InChI is InChI=1S/C16H16BrNO/c1-2-3-4-9-18-16(19)14-6-5-13-11-15(17)8-7-12(13)10-14/h2-3,5-8,10-11H,4,9H2,1H3,(H,18,19)/b3-2+. The molecule has 3 heteroatoms. The van der Waals surface area contributed by atoms with Gasteiger partial charge in [-0.05, 0) is 48.4 Å². The van der Waals surface area contributed by atoms with Crippen molar-refractivity contribution in [2.45, 2.75) is 13.3 Å². The third-order valence-corrected chi connectivity index (χ3v) is 3.39. The van der Waals surface area contributed by atoms with Gasteiger partial charge in [0.05, 0.1) is 0 Å². The van der Waals surface area contributed by atoms with Crippen molar-refractivity contribution >= 4 is 32.6 Å². The van der Waals surface area contributed by atoms with Crippen LogP contribution in [0.4, 0.5) is 0 Å². The highest BCUT2D eigenvalue weighted by Gasteiger charge is 2.05. The average molecular weight is 318 g/mol. The van der Waals surface area contributed by atoms with Gasteiger partial charge in [-0.3, -0.25) is 4.79 Å². The van der Waals surface area contributed by atoms with E-state index in [2.05, 4.69) is 21.2 Å². The predicted molar refractivity (Wildman–Crippen MR) is 83.4 cm³/mol. The van der Waals surface area contributed by atoms with Gasteiger partial charge in [-0.2, -0.15) is 0 Å². The summed E-state index contributed by atoms with van der Waals surface area (Å²) in [5.41, 5.74) is 0.704. The Morgan fingerprint density at radius 1 is 1.21 bits per heavy atom. The first-order valence-electron chi connectivity index (χ1n) is 6.29. The van der Waals surface area contributed by atoms with E-state index in [-0.39, 0.29) is 5.91 Å². The normalized spacial score (nSPS) is 11.1. The highest BCUT2D eigenvalue weighted by molar-refractivity contribution is 9.10. The van der Waals surface area contributed by atoms with Crippen molar-refractivity contribution < 1.29 is 4.79 Å². The molecule has 0 saturated carbocycles. The molecule has 0 unspecified atom stereocenters. The molecule has 2 nitrogen and oxygen atoms in total. The number of rotatable bonds is 4. The van der Waals surface area contributed by atoms with Crippen molar-refractivity contribution in [1.29, 1.82) is 0 Å². The first kappa shape index (κ1) is 13.8. The van der Waals surface area contributed by atoms with Crippen LogP contribution in [-0.4, -0.2) is 12.5 Å². The summed E-state index contributed by atoms with van der Waals surface area (Å²) in [5.74, 6) is -0.0191. The summed E-state index contributed by atoms with van der Waals surface area (Å²) in [5, 5.41) is 5.11. The number of nitrogens with one attached hydrogen (secondary N) is 1. The maximum absolute atomic E-state index is 12.0. The summed E-state index contributed by atoms with van der Waals surface area (Å²) in [7, 11) is 0. The lowest BCUT2D eigenvalue weighted by Crippen LogP contribution is -2.23. The molecule has 2 aromatic carbocycles. The molecule has 2 aromatic rings. The summed E-state index contributed by atoms with van der Waals surface area (Å²) in [6.45, 7) is 2.64. The van der Waals surface area contributed by atoms with Gasteiger partial charge in [0, 0.05) is 16.6 Å². The van der Waals surface area contributed by atoms with Crippen LogP contribution in [-0.2, 0) is 0 Å². The van der Waals surface area contributed by atoms with Gasteiger partial charge in [0.25, 0.3) is 5.91 Å². The van der Waals surface area contributed by atoms with Crippen molar-refractivity contribution in [2.75, 3.05) is 6.54 Å². The largest absolute Gasteiger partial charge is 0.352 e. The number of halogens is 1. The van der Waals surface area contributed by atoms with Gasteiger partial charge in [0.1, 0.15) is 0 Å². The maximum atomic E-state index is 12.0. The second kappa shape index (κ2) is 6.53. The Hall–Kier alpha value is -1.61. The summed E-state index contributed by atoms with van der Waals surface area (Å²) in [6.07, 6.45) is 4.89. The zero-order valence-corrected chi connectivity index (χ0v) is 12.4. The smallest absolute Gasteiger partial charge is 0.251 e. The summed E-state index contributed by atoms with van der Waals surface area (Å²) >= 11 is 3.44. The van der Waals surface area contributed by atoms with Gasteiger partial charge in [-0.25, -0.2) is 0 Å². The Bertz CT molecular complexity index is 619. The molecule has 0 bridgehead atoms. The van der Waals surface area contributed by atoms with Gasteiger partial charge in [-0.1, -0.05) is 40.2 Å². The van der Waals surface area contributed by atoms with Crippen molar-refractivity contribution in [3.63, 3.8) is 0 Å². The molecule has 98 valence electrons. The second-order valence-corrected chi connectivity index (χ2v) is 5.24. The number of fused-ring (bicyclic) bond motifs is 1. The quantitative estimate of drug-likeness (QED) is 0.661. The number of amides is 1. The van der Waals surface area contributed by atoms with Crippen LogP contribution in [0, 0.1) is 0 Å². The number of hydrogen-bond donors (Lipinski definition) is 1. The fraction of sp³-hybridized carbons (Fsp3) is 0.188. The van der Waals surface area contributed by atoms with Crippen LogP contribution in [0.25, 0.3) is 10.8 Å². The lowest BCUT2D eigenvalue weighted by molar-refractivity contribution is 0.0954. The van der Waals surface area contributed by atoms with E-state index in [0.29, 0.717) is 12.1 Å². The van der Waals surface area contributed by atoms with Crippen molar-refractivity contribution in [3.8, 4) is 0 Å². The SMILES string of the molecule is C/C=C/CCNC(=O)c1ccc2cc(Br)ccc2c1. The molecule has 1 N–H and O–H groups in total. The van der Waals surface area contributed by atoms with Crippen molar-refractivity contribution in [1.82, 2.24) is 5.32 Å². The zero-order chi connectivity index (χ0) is 13.7. The molecule has 0 aliphatic rings. The van der Waals surface area contributed by atoms with Gasteiger partial charge in [-0.15, -0.1) is 0 Å². The van der Waals surface area contributed by atoms with E-state index in [1.807, 2.05) is 55.5 Å². The van der Waals surface area contributed by atoms with Gasteiger partial charge in [0.15, 0.2) is 0 Å². The molecule has 0 spiro atoms. The Morgan fingerprint density at radius 2 is 1.95 bits per heavy atom. The Balaban J connectivity index is 2.12. The maximum Gasteiger partial charge on any atom is 0.251 e. The monoisotopic (exact) mass is 317 g/mol. The molecule has 19 heavy (non-hydrogen) atoms. The minimum Gasteiger partial charge on any atom is -0.352 e. The van der Waals surface area contributed by atoms with E-state index in [1.54, 1.807) is 0 Å². The van der Waals surface area contributed by atoms with Gasteiger partial charge >= 0.3 is 0 Å². The lowest BCUT2D eigenvalue weighted by Gasteiger charge is -2.05. The predicted octanol–water partition coefficient (Wildman–Crippen LogP) is 4.30. The second-order valence-electron chi connectivity index (χ2n) is 4.32. The van der Waals surface area contributed by atoms with Crippen LogP contribution >= 0.6 is 15.9 Å². The summed E-state index contributed by atoms with van der Waals surface area (Å²) in [4.78, 5) is 12.0. The molecule has 0 aliphatic carbocycles. The van der Waals surface area contributed by atoms with Crippen LogP contribution in [0.2, 0.25) is 0 Å². The van der Waals surface area contributed by atoms with E-state index in [4.69, 9.17) is 0 Å². The third kappa shape index (κ3) is 3.67. The van der Waals surface area contributed by atoms with Crippen LogP contribution in [0.15, 0.2) is 53.0 Å². The minimum absolute atomic E-state index is 0.0191. The van der Waals surface area contributed by atoms with Crippen LogP contribution in [0.5, 0.6) is 0 Å². The fourth-order valence-electron chi connectivity index (χ4n) is 1.90. The molecule has 0 fully saturated rings. The van der Waals surface area contributed by atoms with Gasteiger partial charge in [0.2, 0.25) is 0 Å². The first-order chi connectivity index (χ1) is 9.20. The summed E-state index contributed by atoms with van der Waals surface area (Å²) < 4.78 is 1.04. The number of allylic oxidation sites excluding steroid dienone is 1. The van der Waals surface area contributed by atoms with Gasteiger partial charge < -0.3 is 5.32 Å². The summed E-state index contributed by atoms with van der Waals surface area (Å²) in [6, 6.07) is 11.8. The van der Waals surface area contributed by atoms with Crippen LogP contribution in [0.1, 0.15) is 23.7 Å². The highest BCUT2D eigenvalue weighted by Crippen LogP contribution is 2.20. The molecule has 0 atom stereocenters. The molecule has 0 aliphatic heterocycles. The Kier molecular flexibility index (Phi) is 4.74. The van der Waals surface area contributed by atoms with E-state index in [1.165, 1.54) is 0 Å². The van der Waals surface area contributed by atoms with Crippen LogP contribution < -0.4 is 5.32 Å². The first-order valence-corrected chi connectivity index (χ1v) is 7.08.